The molecule has 1 fully saturated rings. The summed E-state index contributed by atoms with van der Waals surface area (Å²) >= 11 is 0. The third-order valence-corrected chi connectivity index (χ3v) is 5.72. The summed E-state index contributed by atoms with van der Waals surface area (Å²) in [5.74, 6) is 0. The molecule has 0 amide bonds. The van der Waals surface area contributed by atoms with Crippen LogP contribution in [0.1, 0.15) is 96.8 Å². The van der Waals surface area contributed by atoms with Crippen LogP contribution in [0.5, 0.6) is 0 Å². The summed E-state index contributed by atoms with van der Waals surface area (Å²) in [4.78, 5) is 0. The third kappa shape index (κ3) is 12.7. The van der Waals surface area contributed by atoms with E-state index < -0.39 is 24.4 Å². The molecule has 1 saturated heterocycles. The monoisotopic (exact) mass is 414 g/mol. The molecule has 0 aromatic carbocycles. The van der Waals surface area contributed by atoms with Crippen molar-refractivity contribution in [2.24, 2.45) is 0 Å². The average Bonchev–Trinajstić information content (AvgIpc) is 2.72. The molecule has 0 aromatic heterocycles. The number of allylic oxidation sites excluding steroid dienone is 2. The van der Waals surface area contributed by atoms with Crippen LogP contribution in [-0.4, -0.2) is 59.6 Å². The lowest BCUT2D eigenvalue weighted by atomic mass is 10.0. The maximum atomic E-state index is 10.1. The summed E-state index contributed by atoms with van der Waals surface area (Å²) in [5, 5.41) is 29.1. The Morgan fingerprint density at radius 2 is 1.38 bits per heavy atom. The van der Waals surface area contributed by atoms with E-state index in [0.717, 1.165) is 25.7 Å². The van der Waals surface area contributed by atoms with E-state index in [0.29, 0.717) is 6.61 Å². The third-order valence-electron chi connectivity index (χ3n) is 5.72. The van der Waals surface area contributed by atoms with Crippen molar-refractivity contribution < 1.29 is 24.8 Å². The minimum Gasteiger partial charge on any atom is -0.394 e. The Bertz CT molecular complexity index is 387. The van der Waals surface area contributed by atoms with Crippen molar-refractivity contribution in [2.45, 2.75) is 121 Å². The van der Waals surface area contributed by atoms with E-state index in [9.17, 15) is 10.2 Å². The van der Waals surface area contributed by atoms with Gasteiger partial charge in [0.25, 0.3) is 0 Å². The Hall–Kier alpha value is -0.460. The Balaban J connectivity index is 1.88. The van der Waals surface area contributed by atoms with E-state index in [4.69, 9.17) is 14.6 Å². The zero-order chi connectivity index (χ0) is 21.2. The zero-order valence-corrected chi connectivity index (χ0v) is 18.6. The molecular formula is C24H46O5. The summed E-state index contributed by atoms with van der Waals surface area (Å²) in [5.41, 5.74) is 0. The van der Waals surface area contributed by atoms with E-state index in [1.165, 1.54) is 64.2 Å². The molecule has 0 radical (unpaired) electrons. The van der Waals surface area contributed by atoms with Gasteiger partial charge in [-0.3, -0.25) is 0 Å². The van der Waals surface area contributed by atoms with Crippen molar-refractivity contribution in [3.8, 4) is 0 Å². The minimum absolute atomic E-state index is 0.0940. The molecule has 0 saturated carbocycles. The van der Waals surface area contributed by atoms with E-state index >= 15 is 0 Å². The van der Waals surface area contributed by atoms with Gasteiger partial charge in [0.05, 0.1) is 13.2 Å². The van der Waals surface area contributed by atoms with Crippen molar-refractivity contribution in [2.75, 3.05) is 19.8 Å². The first kappa shape index (κ1) is 26.6. The lowest BCUT2D eigenvalue weighted by molar-refractivity contribution is -0.210. The SMILES string of the molecule is CCCCCCCCCCC/C=C/CCCCCO[C@H]1[C@H](O)[C@@H](CO)OC[C@@H]1O. The smallest absolute Gasteiger partial charge is 0.114 e. The summed E-state index contributed by atoms with van der Waals surface area (Å²) in [6.07, 6.45) is 19.3. The van der Waals surface area contributed by atoms with Gasteiger partial charge in [-0.2, -0.15) is 0 Å². The van der Waals surface area contributed by atoms with Crippen molar-refractivity contribution in [3.05, 3.63) is 12.2 Å². The van der Waals surface area contributed by atoms with Crippen LogP contribution in [0.2, 0.25) is 0 Å². The van der Waals surface area contributed by atoms with Gasteiger partial charge in [0.15, 0.2) is 0 Å². The van der Waals surface area contributed by atoms with Gasteiger partial charge in [-0.05, 0) is 32.1 Å². The molecule has 1 heterocycles. The maximum absolute atomic E-state index is 10.1. The van der Waals surface area contributed by atoms with Crippen molar-refractivity contribution in [3.63, 3.8) is 0 Å². The van der Waals surface area contributed by atoms with Crippen molar-refractivity contribution in [1.29, 1.82) is 0 Å². The van der Waals surface area contributed by atoms with Gasteiger partial charge in [0, 0.05) is 6.61 Å². The molecule has 0 unspecified atom stereocenters. The lowest BCUT2D eigenvalue weighted by Gasteiger charge is -2.37. The van der Waals surface area contributed by atoms with Crippen molar-refractivity contribution in [1.82, 2.24) is 0 Å². The van der Waals surface area contributed by atoms with Gasteiger partial charge in [-0.1, -0.05) is 76.9 Å². The molecule has 1 aliphatic heterocycles. The molecule has 29 heavy (non-hydrogen) atoms. The fourth-order valence-electron chi connectivity index (χ4n) is 3.79. The second kappa shape index (κ2) is 18.3. The topological polar surface area (TPSA) is 79.2 Å². The quantitative estimate of drug-likeness (QED) is 0.227. The number of hydrogen-bond acceptors (Lipinski definition) is 5. The van der Waals surface area contributed by atoms with Crippen molar-refractivity contribution >= 4 is 0 Å². The van der Waals surface area contributed by atoms with E-state index in [2.05, 4.69) is 19.1 Å². The number of rotatable bonds is 18. The molecule has 172 valence electrons. The fourth-order valence-corrected chi connectivity index (χ4v) is 3.79. The van der Waals surface area contributed by atoms with E-state index in [-0.39, 0.29) is 13.2 Å². The first-order valence-electron chi connectivity index (χ1n) is 12.1. The fraction of sp³-hybridized carbons (Fsp3) is 0.917. The predicted octanol–water partition coefficient (Wildman–Crippen LogP) is 4.52. The standard InChI is InChI=1S/C24H46O5/c1-2-3-4-5-6-7-8-9-10-11-12-13-14-15-16-17-18-28-24-21(26)20-29-22(19-25)23(24)27/h12-13,21-27H,2-11,14-20H2,1H3/b13-12+/t21-,22+,23+,24+/m0/s1. The van der Waals surface area contributed by atoms with E-state index in [1.807, 2.05) is 0 Å². The number of hydrogen-bond donors (Lipinski definition) is 3. The zero-order valence-electron chi connectivity index (χ0n) is 18.6. The van der Waals surface area contributed by atoms with Gasteiger partial charge in [-0.15, -0.1) is 0 Å². The Morgan fingerprint density at radius 3 is 1.97 bits per heavy atom. The first-order valence-corrected chi connectivity index (χ1v) is 12.1. The largest absolute Gasteiger partial charge is 0.394 e. The molecule has 1 rings (SSSR count). The molecule has 5 heteroatoms. The van der Waals surface area contributed by atoms with E-state index in [1.54, 1.807) is 0 Å². The highest BCUT2D eigenvalue weighted by molar-refractivity contribution is 4.87. The van der Waals surface area contributed by atoms with Crippen LogP contribution < -0.4 is 0 Å². The average molecular weight is 415 g/mol. The van der Waals surface area contributed by atoms with Crippen LogP contribution in [0.15, 0.2) is 12.2 Å². The van der Waals surface area contributed by atoms with Crippen LogP contribution in [0.25, 0.3) is 0 Å². The molecule has 1 aliphatic rings. The Kier molecular flexibility index (Phi) is 16.8. The minimum atomic E-state index is -0.979. The Labute approximate surface area is 178 Å². The lowest BCUT2D eigenvalue weighted by Crippen LogP contribution is -2.55. The second-order valence-electron chi connectivity index (χ2n) is 8.39. The predicted molar refractivity (Wildman–Crippen MR) is 118 cm³/mol. The van der Waals surface area contributed by atoms with Crippen LogP contribution in [0.4, 0.5) is 0 Å². The molecule has 4 atom stereocenters. The van der Waals surface area contributed by atoms with Gasteiger partial charge < -0.3 is 24.8 Å². The van der Waals surface area contributed by atoms with Crippen LogP contribution >= 0.6 is 0 Å². The van der Waals surface area contributed by atoms with Crippen LogP contribution in [-0.2, 0) is 9.47 Å². The van der Waals surface area contributed by atoms with Gasteiger partial charge >= 0.3 is 0 Å². The molecule has 0 aromatic rings. The summed E-state index contributed by atoms with van der Waals surface area (Å²) in [7, 11) is 0. The summed E-state index contributed by atoms with van der Waals surface area (Å²) in [6.45, 7) is 2.61. The summed E-state index contributed by atoms with van der Waals surface area (Å²) in [6, 6.07) is 0. The second-order valence-corrected chi connectivity index (χ2v) is 8.39. The molecule has 0 aliphatic carbocycles. The summed E-state index contributed by atoms with van der Waals surface area (Å²) < 4.78 is 10.8. The number of aliphatic hydroxyl groups excluding tert-OH is 3. The highest BCUT2D eigenvalue weighted by atomic mass is 16.6. The number of ether oxygens (including phenoxy) is 2. The molecule has 5 nitrogen and oxygen atoms in total. The maximum Gasteiger partial charge on any atom is 0.114 e. The van der Waals surface area contributed by atoms with Crippen LogP contribution in [0, 0.1) is 0 Å². The Morgan fingerprint density at radius 1 is 0.828 bits per heavy atom. The van der Waals surface area contributed by atoms with Gasteiger partial charge in [0.2, 0.25) is 0 Å². The normalized spacial score (nSPS) is 25.1. The molecular weight excluding hydrogens is 368 g/mol. The van der Waals surface area contributed by atoms with Crippen LogP contribution in [0.3, 0.4) is 0 Å². The number of unbranched alkanes of at least 4 members (excludes halogenated alkanes) is 12. The first-order chi connectivity index (χ1) is 14.2. The highest BCUT2D eigenvalue weighted by Crippen LogP contribution is 2.19. The number of aliphatic hydroxyl groups is 3. The molecule has 0 bridgehead atoms. The highest BCUT2D eigenvalue weighted by Gasteiger charge is 2.38. The molecule has 0 spiro atoms. The van der Waals surface area contributed by atoms with Gasteiger partial charge in [0.1, 0.15) is 24.4 Å². The molecule has 3 N–H and O–H groups in total. The van der Waals surface area contributed by atoms with Gasteiger partial charge in [-0.25, -0.2) is 0 Å².